The molecule has 0 saturated heterocycles. The molecule has 8 heteroatoms. The van der Waals surface area contributed by atoms with Crippen molar-refractivity contribution in [3.05, 3.63) is 63.2 Å². The third-order valence-corrected chi connectivity index (χ3v) is 4.70. The van der Waals surface area contributed by atoms with Crippen molar-refractivity contribution in [3.63, 3.8) is 0 Å². The molecule has 0 spiro atoms. The summed E-state index contributed by atoms with van der Waals surface area (Å²) in [6.45, 7) is 0.871. The van der Waals surface area contributed by atoms with Gasteiger partial charge >= 0.3 is 0 Å². The first kappa shape index (κ1) is 19.1. The Labute approximate surface area is 162 Å². The van der Waals surface area contributed by atoms with Crippen molar-refractivity contribution in [2.24, 2.45) is 0 Å². The molecule has 2 aromatic carbocycles. The first-order valence-electron chi connectivity index (χ1n) is 8.57. The second-order valence-corrected chi connectivity index (χ2v) is 6.86. The number of amides is 1. The Morgan fingerprint density at radius 1 is 1.30 bits per heavy atom. The van der Waals surface area contributed by atoms with Gasteiger partial charge in [0.05, 0.1) is 18.6 Å². The average molecular weight is 390 g/mol. The summed E-state index contributed by atoms with van der Waals surface area (Å²) >= 11 is 5.80. The Hall–Kier alpha value is -2.64. The van der Waals surface area contributed by atoms with E-state index < -0.39 is 4.92 Å². The highest BCUT2D eigenvalue weighted by atomic mass is 35.5. The number of carbonyl (C=O) groups is 1. The van der Waals surface area contributed by atoms with E-state index in [1.807, 2.05) is 24.3 Å². The van der Waals surface area contributed by atoms with E-state index in [2.05, 4.69) is 10.2 Å². The molecular weight excluding hydrogens is 370 g/mol. The molecule has 142 valence electrons. The summed E-state index contributed by atoms with van der Waals surface area (Å²) in [7, 11) is 1.62. The van der Waals surface area contributed by atoms with Gasteiger partial charge in [0.1, 0.15) is 10.8 Å². The second kappa shape index (κ2) is 8.37. The highest BCUT2D eigenvalue weighted by Crippen LogP contribution is 2.29. The van der Waals surface area contributed by atoms with Crippen molar-refractivity contribution in [2.45, 2.75) is 25.4 Å². The zero-order chi connectivity index (χ0) is 19.4. The summed E-state index contributed by atoms with van der Waals surface area (Å²) < 4.78 is 5.16. The van der Waals surface area contributed by atoms with Crippen molar-refractivity contribution in [1.82, 2.24) is 4.90 Å². The van der Waals surface area contributed by atoms with Crippen LogP contribution in [0.4, 0.5) is 11.4 Å². The van der Waals surface area contributed by atoms with Gasteiger partial charge in [0.15, 0.2) is 0 Å². The number of nitro benzene ring substituents is 1. The average Bonchev–Trinajstić information content (AvgIpc) is 3.48. The molecule has 1 aliphatic carbocycles. The number of ether oxygens (including phenoxy) is 1. The van der Waals surface area contributed by atoms with Crippen LogP contribution in [-0.4, -0.2) is 35.4 Å². The van der Waals surface area contributed by atoms with Crippen LogP contribution in [0.2, 0.25) is 5.02 Å². The fourth-order valence-electron chi connectivity index (χ4n) is 2.83. The molecule has 3 rings (SSSR count). The molecule has 0 aromatic heterocycles. The number of halogens is 1. The van der Waals surface area contributed by atoms with Gasteiger partial charge in [-0.15, -0.1) is 0 Å². The Balaban J connectivity index is 1.63. The molecule has 0 atom stereocenters. The van der Waals surface area contributed by atoms with E-state index in [0.717, 1.165) is 24.2 Å². The Morgan fingerprint density at radius 2 is 2.00 bits per heavy atom. The summed E-state index contributed by atoms with van der Waals surface area (Å²) in [6.07, 6.45) is 2.13. The zero-order valence-corrected chi connectivity index (χ0v) is 15.6. The molecule has 2 aromatic rings. The lowest BCUT2D eigenvalue weighted by atomic mass is 10.2. The first-order valence-corrected chi connectivity index (χ1v) is 8.95. The number of nitro groups is 1. The lowest BCUT2D eigenvalue weighted by Gasteiger charge is -2.21. The normalized spacial score (nSPS) is 13.4. The quantitative estimate of drug-likeness (QED) is 0.547. The van der Waals surface area contributed by atoms with Crippen molar-refractivity contribution in [3.8, 4) is 5.75 Å². The smallest absolute Gasteiger partial charge is 0.289 e. The molecule has 0 aliphatic heterocycles. The summed E-state index contributed by atoms with van der Waals surface area (Å²) in [6, 6.07) is 12.4. The molecule has 0 bridgehead atoms. The maximum absolute atomic E-state index is 12.4. The fourth-order valence-corrected chi connectivity index (χ4v) is 3.02. The maximum atomic E-state index is 12.4. The van der Waals surface area contributed by atoms with Gasteiger partial charge in [-0.3, -0.25) is 19.8 Å². The molecule has 27 heavy (non-hydrogen) atoms. The summed E-state index contributed by atoms with van der Waals surface area (Å²) in [4.78, 5) is 25.0. The molecule has 1 fully saturated rings. The predicted octanol–water partition coefficient (Wildman–Crippen LogP) is 3.86. The van der Waals surface area contributed by atoms with Crippen LogP contribution >= 0.6 is 11.6 Å². The molecule has 1 aliphatic rings. The van der Waals surface area contributed by atoms with Gasteiger partial charge in [0.25, 0.3) is 5.69 Å². The molecule has 0 unspecified atom stereocenters. The lowest BCUT2D eigenvalue weighted by molar-refractivity contribution is -0.384. The van der Waals surface area contributed by atoms with Gasteiger partial charge in [-0.1, -0.05) is 23.7 Å². The van der Waals surface area contributed by atoms with Gasteiger partial charge in [-0.05, 0) is 42.7 Å². The van der Waals surface area contributed by atoms with Crippen LogP contribution in [0, 0.1) is 10.1 Å². The van der Waals surface area contributed by atoms with Crippen LogP contribution < -0.4 is 10.1 Å². The molecule has 1 saturated carbocycles. The van der Waals surface area contributed by atoms with E-state index in [4.69, 9.17) is 16.3 Å². The standard InChI is InChI=1S/C19H20ClN3O4/c1-27-16-7-2-13(3-8-16)11-22(15-5-6-15)12-19(24)21-14-4-9-17(20)18(10-14)23(25)26/h2-4,7-10,15H,5-6,11-12H2,1H3,(H,21,24). The van der Waals surface area contributed by atoms with E-state index in [1.54, 1.807) is 13.2 Å². The molecule has 1 N–H and O–H groups in total. The number of hydrogen-bond acceptors (Lipinski definition) is 5. The fraction of sp³-hybridized carbons (Fsp3) is 0.316. The number of benzene rings is 2. The van der Waals surface area contributed by atoms with Gasteiger partial charge < -0.3 is 10.1 Å². The first-order chi connectivity index (χ1) is 13.0. The Bertz CT molecular complexity index is 837. The van der Waals surface area contributed by atoms with Crippen LogP contribution in [0.15, 0.2) is 42.5 Å². The number of nitrogens with zero attached hydrogens (tertiary/aromatic N) is 2. The summed E-state index contributed by atoms with van der Waals surface area (Å²) in [5.41, 5.74) is 1.22. The van der Waals surface area contributed by atoms with Crippen molar-refractivity contribution in [2.75, 3.05) is 19.0 Å². The van der Waals surface area contributed by atoms with Crippen LogP contribution in [0.25, 0.3) is 0 Å². The molecule has 1 amide bonds. The third-order valence-electron chi connectivity index (χ3n) is 4.38. The largest absolute Gasteiger partial charge is 0.497 e. The van der Waals surface area contributed by atoms with E-state index in [1.165, 1.54) is 12.1 Å². The van der Waals surface area contributed by atoms with Crippen LogP contribution in [0.3, 0.4) is 0 Å². The number of carbonyl (C=O) groups excluding carboxylic acids is 1. The Morgan fingerprint density at radius 3 is 2.59 bits per heavy atom. The highest BCUT2D eigenvalue weighted by molar-refractivity contribution is 6.32. The predicted molar refractivity (Wildman–Crippen MR) is 103 cm³/mol. The Kier molecular flexibility index (Phi) is 5.93. The van der Waals surface area contributed by atoms with Gasteiger partial charge in [0, 0.05) is 24.3 Å². The van der Waals surface area contributed by atoms with Gasteiger partial charge in [0.2, 0.25) is 5.91 Å². The van der Waals surface area contributed by atoms with Gasteiger partial charge in [-0.25, -0.2) is 0 Å². The molecular formula is C19H20ClN3O4. The minimum Gasteiger partial charge on any atom is -0.497 e. The molecule has 7 nitrogen and oxygen atoms in total. The topological polar surface area (TPSA) is 84.7 Å². The zero-order valence-electron chi connectivity index (χ0n) is 14.9. The SMILES string of the molecule is COc1ccc(CN(CC(=O)Nc2ccc(Cl)c([N+](=O)[O-])c2)C2CC2)cc1. The summed E-state index contributed by atoms with van der Waals surface area (Å²) in [5.74, 6) is 0.575. The number of anilines is 1. The molecule has 0 radical (unpaired) electrons. The van der Waals surface area contributed by atoms with Crippen molar-refractivity contribution < 1.29 is 14.5 Å². The monoisotopic (exact) mass is 389 g/mol. The number of rotatable bonds is 8. The van der Waals surface area contributed by atoms with Gasteiger partial charge in [-0.2, -0.15) is 0 Å². The second-order valence-electron chi connectivity index (χ2n) is 6.46. The number of methoxy groups -OCH3 is 1. The molecule has 0 heterocycles. The third kappa shape index (κ3) is 5.18. The number of hydrogen-bond donors (Lipinski definition) is 1. The maximum Gasteiger partial charge on any atom is 0.289 e. The number of nitrogens with one attached hydrogen (secondary N) is 1. The van der Waals surface area contributed by atoms with Crippen molar-refractivity contribution in [1.29, 1.82) is 0 Å². The minimum atomic E-state index is -0.571. The van der Waals surface area contributed by atoms with E-state index >= 15 is 0 Å². The van der Waals surface area contributed by atoms with E-state index in [9.17, 15) is 14.9 Å². The lowest BCUT2D eigenvalue weighted by Crippen LogP contribution is -2.34. The minimum absolute atomic E-state index is 0.0390. The summed E-state index contributed by atoms with van der Waals surface area (Å²) in [5, 5.41) is 13.7. The highest BCUT2D eigenvalue weighted by Gasteiger charge is 2.30. The van der Waals surface area contributed by atoms with Crippen molar-refractivity contribution >= 4 is 28.9 Å². The van der Waals surface area contributed by atoms with Crippen LogP contribution in [-0.2, 0) is 11.3 Å². The van der Waals surface area contributed by atoms with Crippen LogP contribution in [0.1, 0.15) is 18.4 Å². The van der Waals surface area contributed by atoms with E-state index in [0.29, 0.717) is 18.3 Å². The van der Waals surface area contributed by atoms with E-state index in [-0.39, 0.29) is 23.2 Å². The van der Waals surface area contributed by atoms with Crippen LogP contribution in [0.5, 0.6) is 5.75 Å².